The highest BCUT2D eigenvalue weighted by atomic mass is 79.9. The number of benzene rings is 1. The highest BCUT2D eigenvalue weighted by Crippen LogP contribution is 2.46. The van der Waals surface area contributed by atoms with Crippen LogP contribution in [0, 0.1) is 23.2 Å². The van der Waals surface area contributed by atoms with Gasteiger partial charge in [0.25, 0.3) is 0 Å². The lowest BCUT2D eigenvalue weighted by Gasteiger charge is -2.29. The molecule has 2 nitrogen and oxygen atoms in total. The largest absolute Gasteiger partial charge is 0.293 e. The lowest BCUT2D eigenvalue weighted by Crippen LogP contribution is -2.38. The molecule has 0 spiro atoms. The summed E-state index contributed by atoms with van der Waals surface area (Å²) in [5, 5.41) is 9.19. The molecule has 88 valence electrons. The van der Waals surface area contributed by atoms with Crippen molar-refractivity contribution in [3.63, 3.8) is 0 Å². The molecule has 1 aromatic carbocycles. The molecule has 1 saturated heterocycles. The van der Waals surface area contributed by atoms with Crippen LogP contribution in [0.2, 0.25) is 0 Å². The monoisotopic (exact) mass is 290 g/mol. The van der Waals surface area contributed by atoms with Crippen LogP contribution in [0.15, 0.2) is 30.3 Å². The van der Waals surface area contributed by atoms with Gasteiger partial charge in [-0.3, -0.25) is 4.90 Å². The van der Waals surface area contributed by atoms with Crippen LogP contribution in [0.5, 0.6) is 0 Å². The quantitative estimate of drug-likeness (QED) is 0.783. The number of rotatable bonds is 2. The van der Waals surface area contributed by atoms with Gasteiger partial charge in [0.05, 0.1) is 12.0 Å². The zero-order chi connectivity index (χ0) is 11.8. The molecule has 2 aliphatic rings. The van der Waals surface area contributed by atoms with Crippen molar-refractivity contribution in [2.24, 2.45) is 11.8 Å². The molecule has 1 aromatic rings. The Balaban J connectivity index is 1.76. The molecule has 3 heteroatoms. The number of likely N-dealkylation sites (tertiary alicyclic amines) is 1. The second kappa shape index (κ2) is 4.44. The molecule has 0 N–H and O–H groups in total. The fraction of sp³-hybridized carbons (Fsp3) is 0.500. The van der Waals surface area contributed by atoms with Crippen molar-refractivity contribution in [3.05, 3.63) is 35.9 Å². The maximum absolute atomic E-state index is 9.19. The predicted octanol–water partition coefficient (Wildman–Crippen LogP) is 2.79. The van der Waals surface area contributed by atoms with E-state index in [4.69, 9.17) is 0 Å². The van der Waals surface area contributed by atoms with Gasteiger partial charge in [0.1, 0.15) is 0 Å². The van der Waals surface area contributed by atoms with Crippen LogP contribution >= 0.6 is 15.9 Å². The Bertz CT molecular complexity index is 439. The van der Waals surface area contributed by atoms with Crippen molar-refractivity contribution < 1.29 is 0 Å². The van der Waals surface area contributed by atoms with Crippen LogP contribution in [0.25, 0.3) is 0 Å². The Morgan fingerprint density at radius 2 is 2.12 bits per heavy atom. The van der Waals surface area contributed by atoms with Gasteiger partial charge in [-0.2, -0.15) is 5.26 Å². The Morgan fingerprint density at radius 1 is 1.35 bits per heavy atom. The van der Waals surface area contributed by atoms with Gasteiger partial charge in [-0.1, -0.05) is 46.3 Å². The number of piperidine rings is 1. The van der Waals surface area contributed by atoms with E-state index in [-0.39, 0.29) is 5.92 Å². The molecule has 1 aliphatic heterocycles. The van der Waals surface area contributed by atoms with E-state index in [0.29, 0.717) is 16.8 Å². The first-order chi connectivity index (χ1) is 8.29. The van der Waals surface area contributed by atoms with Crippen LogP contribution in [0.3, 0.4) is 0 Å². The third-order valence-electron chi connectivity index (χ3n) is 4.03. The summed E-state index contributed by atoms with van der Waals surface area (Å²) >= 11 is 3.77. The molecular weight excluding hydrogens is 276 g/mol. The number of hydrogen-bond donors (Lipinski definition) is 0. The van der Waals surface area contributed by atoms with Crippen molar-refractivity contribution in [2.45, 2.75) is 23.8 Å². The van der Waals surface area contributed by atoms with E-state index in [1.54, 1.807) is 0 Å². The minimum atomic E-state index is 0.210. The molecule has 4 atom stereocenters. The first kappa shape index (κ1) is 11.3. The summed E-state index contributed by atoms with van der Waals surface area (Å²) in [5.74, 6) is 0.871. The molecule has 3 rings (SSSR count). The number of fused-ring (bicyclic) bond motifs is 2. The number of nitriles is 1. The second-order valence-corrected chi connectivity index (χ2v) is 6.14. The average Bonchev–Trinajstić information content (AvgIpc) is 2.83. The number of nitrogens with zero attached hydrogens (tertiary/aromatic N) is 2. The van der Waals surface area contributed by atoms with E-state index in [2.05, 4.69) is 51.2 Å². The minimum absolute atomic E-state index is 0.210. The summed E-state index contributed by atoms with van der Waals surface area (Å²) in [5.41, 5.74) is 1.34. The molecule has 0 aromatic heterocycles. The smallest absolute Gasteiger partial charge is 0.0672 e. The van der Waals surface area contributed by atoms with E-state index in [0.717, 1.165) is 19.5 Å². The number of hydrogen-bond acceptors (Lipinski definition) is 2. The zero-order valence-electron chi connectivity index (χ0n) is 9.59. The molecule has 0 radical (unpaired) electrons. The van der Waals surface area contributed by atoms with Crippen molar-refractivity contribution in [1.82, 2.24) is 4.90 Å². The topological polar surface area (TPSA) is 27.0 Å². The minimum Gasteiger partial charge on any atom is -0.293 e. The van der Waals surface area contributed by atoms with Crippen LogP contribution < -0.4 is 0 Å². The van der Waals surface area contributed by atoms with Crippen molar-refractivity contribution >= 4 is 15.9 Å². The normalized spacial score (nSPS) is 36.0. The van der Waals surface area contributed by atoms with Gasteiger partial charge >= 0.3 is 0 Å². The molecule has 1 heterocycles. The first-order valence-electron chi connectivity index (χ1n) is 6.11. The summed E-state index contributed by atoms with van der Waals surface area (Å²) < 4.78 is 0. The lowest BCUT2D eigenvalue weighted by molar-refractivity contribution is 0.176. The third-order valence-corrected chi connectivity index (χ3v) is 5.32. The molecule has 0 amide bonds. The number of halogens is 1. The molecule has 2 fully saturated rings. The Hall–Kier alpha value is -0.850. The summed E-state index contributed by atoms with van der Waals surface area (Å²) in [6.45, 7) is 2.11. The van der Waals surface area contributed by atoms with E-state index < -0.39 is 0 Å². The second-order valence-electron chi connectivity index (χ2n) is 5.08. The van der Waals surface area contributed by atoms with Gasteiger partial charge in [-0.25, -0.2) is 0 Å². The number of alkyl halides is 1. The van der Waals surface area contributed by atoms with E-state index in [9.17, 15) is 5.26 Å². The van der Waals surface area contributed by atoms with Gasteiger partial charge in [0.15, 0.2) is 0 Å². The fourth-order valence-electron chi connectivity index (χ4n) is 3.27. The lowest BCUT2D eigenvalue weighted by atomic mass is 9.99. The maximum Gasteiger partial charge on any atom is 0.0672 e. The molecule has 1 saturated carbocycles. The standard InChI is InChI=1S/C14H15BrN2/c15-13-12-6-11(7-16)14(13)17(9-12)8-10-4-2-1-3-5-10/h1-5,11-14H,6,8-9H2/t11-,12+,13-,14+/m0/s1. The maximum atomic E-state index is 9.19. The average molecular weight is 291 g/mol. The SMILES string of the molecule is N#C[C@@H]1C[C@@H]2CN(Cc3ccccc3)[C@H]1[C@H]2Br. The van der Waals surface area contributed by atoms with Crippen LogP contribution in [-0.4, -0.2) is 22.3 Å². The molecule has 17 heavy (non-hydrogen) atoms. The first-order valence-corrected chi connectivity index (χ1v) is 7.03. The Morgan fingerprint density at radius 3 is 2.76 bits per heavy atom. The van der Waals surface area contributed by atoms with Gasteiger partial charge < -0.3 is 0 Å². The Labute approximate surface area is 110 Å². The summed E-state index contributed by atoms with van der Waals surface area (Å²) in [4.78, 5) is 2.98. The molecule has 2 bridgehead atoms. The van der Waals surface area contributed by atoms with Crippen molar-refractivity contribution in [2.75, 3.05) is 6.54 Å². The molecule has 0 unspecified atom stereocenters. The van der Waals surface area contributed by atoms with Crippen LogP contribution in [0.4, 0.5) is 0 Å². The van der Waals surface area contributed by atoms with Crippen molar-refractivity contribution in [1.29, 1.82) is 5.26 Å². The summed E-state index contributed by atoms with van der Waals surface area (Å²) in [6, 6.07) is 13.4. The van der Waals surface area contributed by atoms with E-state index in [1.165, 1.54) is 5.56 Å². The highest BCUT2D eigenvalue weighted by Gasteiger charge is 2.51. The predicted molar refractivity (Wildman–Crippen MR) is 70.6 cm³/mol. The van der Waals surface area contributed by atoms with Gasteiger partial charge in [-0.05, 0) is 17.9 Å². The molecular formula is C14H15BrN2. The van der Waals surface area contributed by atoms with Crippen LogP contribution in [0.1, 0.15) is 12.0 Å². The van der Waals surface area contributed by atoms with E-state index >= 15 is 0 Å². The highest BCUT2D eigenvalue weighted by molar-refractivity contribution is 9.09. The summed E-state index contributed by atoms with van der Waals surface area (Å²) in [6.07, 6.45) is 1.07. The van der Waals surface area contributed by atoms with E-state index in [1.807, 2.05) is 6.07 Å². The molecule has 1 aliphatic carbocycles. The fourth-order valence-corrected chi connectivity index (χ4v) is 4.35. The van der Waals surface area contributed by atoms with Crippen molar-refractivity contribution in [3.8, 4) is 6.07 Å². The van der Waals surface area contributed by atoms with Gasteiger partial charge in [0, 0.05) is 24.0 Å². The summed E-state index contributed by atoms with van der Waals surface area (Å²) in [7, 11) is 0. The van der Waals surface area contributed by atoms with Gasteiger partial charge in [-0.15, -0.1) is 0 Å². The Kier molecular flexibility index (Phi) is 2.94. The van der Waals surface area contributed by atoms with Crippen LogP contribution in [-0.2, 0) is 6.54 Å². The zero-order valence-corrected chi connectivity index (χ0v) is 11.2. The van der Waals surface area contributed by atoms with Gasteiger partial charge in [0.2, 0.25) is 0 Å². The third kappa shape index (κ3) is 1.90.